The molecule has 0 aromatic carbocycles. The molecule has 0 spiro atoms. The maximum absolute atomic E-state index is 14.1. The van der Waals surface area contributed by atoms with E-state index in [1.54, 1.807) is 45.0 Å². The Hall–Kier alpha value is -2.92. The van der Waals surface area contributed by atoms with Crippen molar-refractivity contribution in [3.8, 4) is 5.75 Å². The molecule has 1 N–H and O–H groups in total. The minimum atomic E-state index is -1.34. The molecule has 1 saturated carbocycles. The van der Waals surface area contributed by atoms with Gasteiger partial charge in [0, 0.05) is 57.1 Å². The molecular weight excluding hydrogens is 506 g/mol. The first-order chi connectivity index (χ1) is 18.4. The maximum atomic E-state index is 14.1. The lowest BCUT2D eigenvalue weighted by Gasteiger charge is -2.41. The Morgan fingerprint density at radius 3 is 2.36 bits per heavy atom. The second-order valence-electron chi connectivity index (χ2n) is 11.5. The number of methoxy groups -OCH3 is 2. The van der Waals surface area contributed by atoms with Crippen molar-refractivity contribution in [2.24, 2.45) is 11.8 Å². The zero-order valence-electron chi connectivity index (χ0n) is 24.1. The molecular formula is C28H43N3O8. The third-order valence-corrected chi connectivity index (χ3v) is 6.78. The number of esters is 1. The molecule has 11 nitrogen and oxygen atoms in total. The summed E-state index contributed by atoms with van der Waals surface area (Å²) >= 11 is 0. The SMILES string of the molecule is COCCCOc1cc(N(C(=O)[C@H]2CN(C(=O)OC(C)(C)C)C[C@@H](C(=O)OC)[C@H]2O)C2CC2)ncc1C(C)C. The number of aliphatic hydroxyl groups is 1. The number of carbonyl (C=O) groups is 3. The fourth-order valence-corrected chi connectivity index (χ4v) is 4.62. The zero-order chi connectivity index (χ0) is 28.9. The Morgan fingerprint density at radius 1 is 1.13 bits per heavy atom. The number of rotatable bonds is 10. The van der Waals surface area contributed by atoms with Crippen molar-refractivity contribution >= 4 is 23.8 Å². The third kappa shape index (κ3) is 7.82. The molecule has 3 atom stereocenters. The quantitative estimate of drug-likeness (QED) is 0.346. The van der Waals surface area contributed by atoms with Crippen molar-refractivity contribution in [3.05, 3.63) is 17.8 Å². The predicted octanol–water partition coefficient (Wildman–Crippen LogP) is 3.13. The second kappa shape index (κ2) is 13.0. The van der Waals surface area contributed by atoms with E-state index in [4.69, 9.17) is 18.9 Å². The first-order valence-corrected chi connectivity index (χ1v) is 13.6. The van der Waals surface area contributed by atoms with E-state index in [0.717, 1.165) is 18.4 Å². The van der Waals surface area contributed by atoms with Gasteiger partial charge in [-0.05, 0) is 39.5 Å². The molecule has 1 saturated heterocycles. The summed E-state index contributed by atoms with van der Waals surface area (Å²) < 4.78 is 21.6. The van der Waals surface area contributed by atoms with Gasteiger partial charge in [-0.1, -0.05) is 13.8 Å². The van der Waals surface area contributed by atoms with E-state index in [0.29, 0.717) is 31.2 Å². The monoisotopic (exact) mass is 549 g/mol. The second-order valence-corrected chi connectivity index (χ2v) is 11.5. The van der Waals surface area contributed by atoms with E-state index in [2.05, 4.69) is 4.98 Å². The normalized spacial score (nSPS) is 21.5. The van der Waals surface area contributed by atoms with Crippen LogP contribution >= 0.6 is 0 Å². The largest absolute Gasteiger partial charge is 0.493 e. The minimum Gasteiger partial charge on any atom is -0.493 e. The Bertz CT molecular complexity index is 1020. The number of pyridine rings is 1. The van der Waals surface area contributed by atoms with Gasteiger partial charge in [-0.3, -0.25) is 14.5 Å². The number of amides is 2. The third-order valence-electron chi connectivity index (χ3n) is 6.78. The average molecular weight is 550 g/mol. The molecule has 3 rings (SSSR count). The molecule has 0 radical (unpaired) electrons. The van der Waals surface area contributed by atoms with Gasteiger partial charge in [0.05, 0.1) is 25.7 Å². The Labute approximate surface area is 230 Å². The molecule has 2 heterocycles. The minimum absolute atomic E-state index is 0.100. The molecule has 0 unspecified atom stereocenters. The number of ether oxygens (including phenoxy) is 4. The first kappa shape index (κ1) is 30.6. The van der Waals surface area contributed by atoms with Crippen LogP contribution in [0.1, 0.15) is 65.4 Å². The van der Waals surface area contributed by atoms with Gasteiger partial charge in [-0.15, -0.1) is 0 Å². The van der Waals surface area contributed by atoms with Gasteiger partial charge in [0.1, 0.15) is 23.1 Å². The highest BCUT2D eigenvalue weighted by atomic mass is 16.6. The van der Waals surface area contributed by atoms with Crippen molar-refractivity contribution in [1.29, 1.82) is 0 Å². The van der Waals surface area contributed by atoms with Gasteiger partial charge in [0.2, 0.25) is 5.91 Å². The number of aromatic nitrogens is 1. The Kier molecular flexibility index (Phi) is 10.2. The molecule has 0 bridgehead atoms. The van der Waals surface area contributed by atoms with E-state index < -0.39 is 41.5 Å². The summed E-state index contributed by atoms with van der Waals surface area (Å²) in [7, 11) is 2.85. The summed E-state index contributed by atoms with van der Waals surface area (Å²) in [4.78, 5) is 47.0. The number of nitrogens with zero attached hydrogens (tertiary/aromatic N) is 3. The van der Waals surface area contributed by atoms with Crippen LogP contribution in [-0.4, -0.2) is 91.2 Å². The number of piperidine rings is 1. The van der Waals surface area contributed by atoms with Gasteiger partial charge in [-0.25, -0.2) is 9.78 Å². The molecule has 218 valence electrons. The van der Waals surface area contributed by atoms with Gasteiger partial charge in [0.15, 0.2) is 0 Å². The summed E-state index contributed by atoms with van der Waals surface area (Å²) in [6.45, 7) is 10.1. The van der Waals surface area contributed by atoms with Crippen LogP contribution in [0.2, 0.25) is 0 Å². The first-order valence-electron chi connectivity index (χ1n) is 13.6. The fourth-order valence-electron chi connectivity index (χ4n) is 4.62. The summed E-state index contributed by atoms with van der Waals surface area (Å²) in [6.07, 6.45) is 1.98. The highest BCUT2D eigenvalue weighted by Crippen LogP contribution is 2.37. The molecule has 2 amide bonds. The van der Waals surface area contributed by atoms with Crippen molar-refractivity contribution in [1.82, 2.24) is 9.88 Å². The molecule has 1 aliphatic heterocycles. The summed E-state index contributed by atoms with van der Waals surface area (Å²) in [5.74, 6) is -2.09. The molecule has 1 aliphatic carbocycles. The lowest BCUT2D eigenvalue weighted by atomic mass is 9.85. The Balaban J connectivity index is 1.93. The average Bonchev–Trinajstić information content (AvgIpc) is 3.70. The lowest BCUT2D eigenvalue weighted by molar-refractivity contribution is -0.156. The van der Waals surface area contributed by atoms with Crippen LogP contribution in [0.25, 0.3) is 0 Å². The van der Waals surface area contributed by atoms with Crippen LogP contribution in [0.15, 0.2) is 12.3 Å². The van der Waals surface area contributed by atoms with Crippen LogP contribution in [-0.2, 0) is 23.8 Å². The molecule has 2 fully saturated rings. The highest BCUT2D eigenvalue weighted by molar-refractivity contribution is 5.97. The molecule has 39 heavy (non-hydrogen) atoms. The fraction of sp³-hybridized carbons (Fsp3) is 0.714. The van der Waals surface area contributed by atoms with Crippen LogP contribution in [0.3, 0.4) is 0 Å². The topological polar surface area (TPSA) is 128 Å². The zero-order valence-corrected chi connectivity index (χ0v) is 24.1. The van der Waals surface area contributed by atoms with Crippen LogP contribution in [0, 0.1) is 11.8 Å². The van der Waals surface area contributed by atoms with Gasteiger partial charge in [-0.2, -0.15) is 0 Å². The van der Waals surface area contributed by atoms with E-state index in [-0.39, 0.29) is 25.0 Å². The highest BCUT2D eigenvalue weighted by Gasteiger charge is 2.49. The number of hydrogen-bond acceptors (Lipinski definition) is 9. The maximum Gasteiger partial charge on any atom is 0.410 e. The number of anilines is 1. The van der Waals surface area contributed by atoms with E-state index in [1.807, 2.05) is 13.8 Å². The predicted molar refractivity (Wildman–Crippen MR) is 144 cm³/mol. The summed E-state index contributed by atoms with van der Waals surface area (Å²) in [5.41, 5.74) is 0.147. The standard InChI is InChI=1S/C28H43N3O8/c1-17(2)19-14-29-23(13-22(19)38-12-8-11-36-6)31(18-9-10-18)25(33)20-15-30(27(35)39-28(3,4)5)16-21(24(20)32)26(34)37-7/h13-14,17-18,20-21,24,32H,8-12,15-16H2,1-7H3/t20-,21+,24-/m0/s1. The molecule has 11 heteroatoms. The van der Waals surface area contributed by atoms with E-state index >= 15 is 0 Å². The summed E-state index contributed by atoms with van der Waals surface area (Å²) in [5, 5.41) is 11.2. The van der Waals surface area contributed by atoms with Gasteiger partial charge in [0.25, 0.3) is 0 Å². The lowest BCUT2D eigenvalue weighted by Crippen LogP contribution is -2.59. The number of aliphatic hydroxyl groups excluding tert-OH is 1. The van der Waals surface area contributed by atoms with Crippen LogP contribution in [0.4, 0.5) is 10.6 Å². The van der Waals surface area contributed by atoms with Crippen molar-refractivity contribution < 1.29 is 38.4 Å². The molecule has 2 aliphatic rings. The Morgan fingerprint density at radius 2 is 1.79 bits per heavy atom. The number of likely N-dealkylation sites (tertiary alicyclic amines) is 1. The molecule has 1 aromatic rings. The smallest absolute Gasteiger partial charge is 0.410 e. The molecule has 1 aromatic heterocycles. The van der Waals surface area contributed by atoms with E-state index in [9.17, 15) is 19.5 Å². The van der Waals surface area contributed by atoms with Gasteiger partial charge >= 0.3 is 12.1 Å². The van der Waals surface area contributed by atoms with Crippen molar-refractivity contribution in [2.75, 3.05) is 45.4 Å². The van der Waals surface area contributed by atoms with Crippen LogP contribution < -0.4 is 9.64 Å². The van der Waals surface area contributed by atoms with Crippen LogP contribution in [0.5, 0.6) is 5.75 Å². The van der Waals surface area contributed by atoms with Gasteiger partial charge < -0.3 is 29.0 Å². The van der Waals surface area contributed by atoms with Crippen molar-refractivity contribution in [3.63, 3.8) is 0 Å². The van der Waals surface area contributed by atoms with Crippen molar-refractivity contribution in [2.45, 2.75) is 77.5 Å². The number of carbonyl (C=O) groups excluding carboxylic acids is 3. The number of hydrogen-bond donors (Lipinski definition) is 1. The van der Waals surface area contributed by atoms with E-state index in [1.165, 1.54) is 12.0 Å². The summed E-state index contributed by atoms with van der Waals surface area (Å²) in [6, 6.07) is 1.66.